The summed E-state index contributed by atoms with van der Waals surface area (Å²) in [6.07, 6.45) is 0. The Hall–Kier alpha value is -2.48. The molecule has 3 rings (SSSR count). The molecular weight excluding hydrogens is 399 g/mol. The number of carbonyl (C=O) groups excluding carboxylic acids is 2. The number of aliphatic hydroxyl groups is 1. The van der Waals surface area contributed by atoms with Crippen molar-refractivity contribution in [2.45, 2.75) is 13.2 Å². The summed E-state index contributed by atoms with van der Waals surface area (Å²) in [6, 6.07) is 11.0. The van der Waals surface area contributed by atoms with Crippen molar-refractivity contribution in [3.8, 4) is 0 Å². The molecule has 0 unspecified atom stereocenters. The number of rotatable bonds is 6. The first-order chi connectivity index (χ1) is 14.0. The number of aliphatic hydroxyl groups excluding tert-OH is 1. The van der Waals surface area contributed by atoms with Crippen LogP contribution >= 0.6 is 11.6 Å². The first kappa shape index (κ1) is 21.2. The van der Waals surface area contributed by atoms with Crippen molar-refractivity contribution >= 4 is 23.5 Å². The number of hydrogen-bond donors (Lipinski definition) is 1. The molecule has 1 N–H and O–H groups in total. The number of ether oxygens (including phenoxy) is 1. The Kier molecular flexibility index (Phi) is 7.19. The maximum atomic E-state index is 13.9. The molecule has 2 aromatic carbocycles. The maximum Gasteiger partial charge on any atom is 0.338 e. The molecule has 0 radical (unpaired) electrons. The summed E-state index contributed by atoms with van der Waals surface area (Å²) >= 11 is 6.07. The highest BCUT2D eigenvalue weighted by Gasteiger charge is 2.23. The zero-order valence-corrected chi connectivity index (χ0v) is 16.6. The van der Waals surface area contributed by atoms with Crippen molar-refractivity contribution in [3.63, 3.8) is 0 Å². The van der Waals surface area contributed by atoms with Gasteiger partial charge in [0.1, 0.15) is 5.82 Å². The Morgan fingerprint density at radius 2 is 1.76 bits per heavy atom. The van der Waals surface area contributed by atoms with Gasteiger partial charge in [0.15, 0.2) is 6.61 Å². The van der Waals surface area contributed by atoms with Crippen LogP contribution in [0.3, 0.4) is 0 Å². The minimum absolute atomic E-state index is 0.108. The van der Waals surface area contributed by atoms with E-state index in [4.69, 9.17) is 21.4 Å². The van der Waals surface area contributed by atoms with E-state index in [9.17, 15) is 14.0 Å². The van der Waals surface area contributed by atoms with Crippen molar-refractivity contribution in [1.82, 2.24) is 9.80 Å². The van der Waals surface area contributed by atoms with Crippen molar-refractivity contribution in [2.75, 3.05) is 32.8 Å². The number of hydrogen-bond acceptors (Lipinski definition) is 5. The van der Waals surface area contributed by atoms with Gasteiger partial charge in [0, 0.05) is 43.3 Å². The lowest BCUT2D eigenvalue weighted by Gasteiger charge is -2.34. The van der Waals surface area contributed by atoms with E-state index >= 15 is 0 Å². The van der Waals surface area contributed by atoms with Gasteiger partial charge in [0.2, 0.25) is 0 Å². The standard InChI is InChI=1S/C21H22ClFN2O4/c22-18-2-1-3-19(23)17(18)12-24-8-10-25(11-9-24)20(27)14-29-21(28)16-6-4-15(13-26)5-7-16/h1-7,26H,8-14H2. The normalized spacial score (nSPS) is 14.7. The molecule has 0 spiro atoms. The molecule has 1 aliphatic rings. The predicted octanol–water partition coefficient (Wildman–Crippen LogP) is 2.47. The van der Waals surface area contributed by atoms with E-state index in [0.717, 1.165) is 0 Å². The summed E-state index contributed by atoms with van der Waals surface area (Å²) in [5.74, 6) is -1.19. The molecule has 1 heterocycles. The smallest absolute Gasteiger partial charge is 0.338 e. The van der Waals surface area contributed by atoms with Gasteiger partial charge in [0.25, 0.3) is 5.91 Å². The quantitative estimate of drug-likeness (QED) is 0.727. The lowest BCUT2D eigenvalue weighted by atomic mass is 10.1. The summed E-state index contributed by atoms with van der Waals surface area (Å²) in [5, 5.41) is 9.41. The number of esters is 1. The third-order valence-electron chi connectivity index (χ3n) is 4.87. The van der Waals surface area contributed by atoms with Crippen LogP contribution in [0.5, 0.6) is 0 Å². The summed E-state index contributed by atoms with van der Waals surface area (Å²) in [7, 11) is 0. The van der Waals surface area contributed by atoms with Crippen LogP contribution in [0.2, 0.25) is 5.02 Å². The Balaban J connectivity index is 1.45. The molecule has 0 aliphatic carbocycles. The third-order valence-corrected chi connectivity index (χ3v) is 5.22. The third kappa shape index (κ3) is 5.53. The molecule has 1 fully saturated rings. The zero-order chi connectivity index (χ0) is 20.8. The van der Waals surface area contributed by atoms with Gasteiger partial charge < -0.3 is 14.7 Å². The van der Waals surface area contributed by atoms with Gasteiger partial charge in [-0.15, -0.1) is 0 Å². The lowest BCUT2D eigenvalue weighted by molar-refractivity contribution is -0.136. The maximum absolute atomic E-state index is 13.9. The second kappa shape index (κ2) is 9.82. The molecule has 0 aromatic heterocycles. The topological polar surface area (TPSA) is 70.1 Å². The van der Waals surface area contributed by atoms with Crippen molar-refractivity contribution in [1.29, 1.82) is 0 Å². The number of amides is 1. The van der Waals surface area contributed by atoms with E-state index in [1.54, 1.807) is 41.3 Å². The predicted molar refractivity (Wildman–Crippen MR) is 106 cm³/mol. The summed E-state index contributed by atoms with van der Waals surface area (Å²) in [6.45, 7) is 2.02. The minimum Gasteiger partial charge on any atom is -0.452 e. The second-order valence-electron chi connectivity index (χ2n) is 6.79. The molecule has 6 nitrogen and oxygen atoms in total. The highest BCUT2D eigenvalue weighted by Crippen LogP contribution is 2.21. The molecule has 0 atom stereocenters. The van der Waals surface area contributed by atoms with Gasteiger partial charge in [-0.2, -0.15) is 0 Å². The lowest BCUT2D eigenvalue weighted by Crippen LogP contribution is -2.49. The molecule has 0 bridgehead atoms. The average Bonchev–Trinajstić information content (AvgIpc) is 2.75. The Morgan fingerprint density at radius 3 is 2.38 bits per heavy atom. The van der Waals surface area contributed by atoms with E-state index in [0.29, 0.717) is 54.4 Å². The molecule has 1 aliphatic heterocycles. The molecule has 2 aromatic rings. The van der Waals surface area contributed by atoms with Crippen LogP contribution in [-0.4, -0.2) is 59.6 Å². The molecule has 8 heteroatoms. The summed E-state index contributed by atoms with van der Waals surface area (Å²) in [5.41, 5.74) is 1.46. The number of nitrogens with zero attached hydrogens (tertiary/aromatic N) is 2. The number of piperazine rings is 1. The Bertz CT molecular complexity index is 847. The summed E-state index contributed by atoms with van der Waals surface area (Å²) in [4.78, 5) is 28.0. The van der Waals surface area contributed by atoms with Crippen molar-refractivity contribution in [3.05, 3.63) is 70.0 Å². The number of carbonyl (C=O) groups is 2. The highest BCUT2D eigenvalue weighted by molar-refractivity contribution is 6.31. The fourth-order valence-electron chi connectivity index (χ4n) is 3.11. The van der Waals surface area contributed by atoms with E-state index in [-0.39, 0.29) is 24.9 Å². The zero-order valence-electron chi connectivity index (χ0n) is 15.8. The molecule has 154 valence electrons. The fourth-order valence-corrected chi connectivity index (χ4v) is 3.33. The van der Waals surface area contributed by atoms with Crippen LogP contribution in [0.25, 0.3) is 0 Å². The van der Waals surface area contributed by atoms with Crippen LogP contribution in [-0.2, 0) is 22.7 Å². The fraction of sp³-hybridized carbons (Fsp3) is 0.333. The number of benzene rings is 2. The first-order valence-corrected chi connectivity index (χ1v) is 9.65. The van der Waals surface area contributed by atoms with Gasteiger partial charge in [0.05, 0.1) is 12.2 Å². The molecule has 0 saturated carbocycles. The van der Waals surface area contributed by atoms with Gasteiger partial charge in [-0.05, 0) is 29.8 Å². The molecule has 1 saturated heterocycles. The van der Waals surface area contributed by atoms with E-state index in [1.165, 1.54) is 6.07 Å². The van der Waals surface area contributed by atoms with E-state index in [2.05, 4.69) is 0 Å². The van der Waals surface area contributed by atoms with Crippen LogP contribution in [0, 0.1) is 5.82 Å². The van der Waals surface area contributed by atoms with E-state index in [1.807, 2.05) is 4.90 Å². The van der Waals surface area contributed by atoms with Gasteiger partial charge >= 0.3 is 5.97 Å². The summed E-state index contributed by atoms with van der Waals surface area (Å²) < 4.78 is 19.0. The largest absolute Gasteiger partial charge is 0.452 e. The van der Waals surface area contributed by atoms with Crippen molar-refractivity contribution < 1.29 is 23.8 Å². The first-order valence-electron chi connectivity index (χ1n) is 9.28. The second-order valence-corrected chi connectivity index (χ2v) is 7.20. The highest BCUT2D eigenvalue weighted by atomic mass is 35.5. The van der Waals surface area contributed by atoms with E-state index < -0.39 is 5.97 Å². The average molecular weight is 421 g/mol. The number of halogens is 2. The Morgan fingerprint density at radius 1 is 1.07 bits per heavy atom. The monoisotopic (exact) mass is 420 g/mol. The molecular formula is C21H22ClFN2O4. The van der Waals surface area contributed by atoms with Crippen molar-refractivity contribution in [2.24, 2.45) is 0 Å². The van der Waals surface area contributed by atoms with Crippen LogP contribution in [0.4, 0.5) is 4.39 Å². The van der Waals surface area contributed by atoms with Crippen LogP contribution in [0.1, 0.15) is 21.5 Å². The molecule has 29 heavy (non-hydrogen) atoms. The molecule has 1 amide bonds. The Labute approximate surface area is 173 Å². The van der Waals surface area contributed by atoms with Crippen LogP contribution < -0.4 is 0 Å². The van der Waals surface area contributed by atoms with Gasteiger partial charge in [-0.3, -0.25) is 9.69 Å². The SMILES string of the molecule is O=C(OCC(=O)N1CCN(Cc2c(F)cccc2Cl)CC1)c1ccc(CO)cc1. The van der Waals surface area contributed by atoms with Gasteiger partial charge in [-0.25, -0.2) is 9.18 Å². The minimum atomic E-state index is -0.587. The van der Waals surface area contributed by atoms with Gasteiger partial charge in [-0.1, -0.05) is 29.8 Å². The van der Waals surface area contributed by atoms with Crippen LogP contribution in [0.15, 0.2) is 42.5 Å².